The third-order valence-corrected chi connectivity index (χ3v) is 5.19. The van der Waals surface area contributed by atoms with Crippen molar-refractivity contribution < 1.29 is 14.3 Å². The topological polar surface area (TPSA) is 68.3 Å². The molecule has 2 heterocycles. The van der Waals surface area contributed by atoms with Crippen molar-refractivity contribution in [2.75, 3.05) is 0 Å². The number of benzene rings is 1. The summed E-state index contributed by atoms with van der Waals surface area (Å²) in [4.78, 5) is 30.3. The van der Waals surface area contributed by atoms with Crippen molar-refractivity contribution in [2.24, 2.45) is 0 Å². The summed E-state index contributed by atoms with van der Waals surface area (Å²) >= 11 is 0. The summed E-state index contributed by atoms with van der Waals surface area (Å²) in [6.45, 7) is 2.04. The van der Waals surface area contributed by atoms with Crippen LogP contribution in [0.3, 0.4) is 0 Å². The predicted octanol–water partition coefficient (Wildman–Crippen LogP) is 3.79. The van der Waals surface area contributed by atoms with E-state index >= 15 is 0 Å². The molecule has 1 N–H and O–H groups in total. The fourth-order valence-electron chi connectivity index (χ4n) is 3.90. The van der Waals surface area contributed by atoms with Gasteiger partial charge in [-0.1, -0.05) is 36.4 Å². The fourth-order valence-corrected chi connectivity index (χ4v) is 3.90. The molecule has 1 atom stereocenters. The lowest BCUT2D eigenvalue weighted by Gasteiger charge is -2.33. The number of carbonyl (C=O) groups is 2. The molecule has 1 aromatic heterocycles. The number of hydrogen-bond donors (Lipinski definition) is 1. The lowest BCUT2D eigenvalue weighted by molar-refractivity contribution is -0.140. The normalized spacial score (nSPS) is 19.2. The number of allylic oxidation sites excluding steroid dienone is 3. The monoisotopic (exact) mass is 374 g/mol. The van der Waals surface area contributed by atoms with E-state index < -0.39 is 11.9 Å². The number of nitrogens with one attached hydrogen (secondary N) is 1. The van der Waals surface area contributed by atoms with Crippen LogP contribution in [-0.2, 0) is 20.9 Å². The molecule has 1 aromatic carbocycles. The molecule has 5 nitrogen and oxygen atoms in total. The van der Waals surface area contributed by atoms with Crippen molar-refractivity contribution in [2.45, 2.75) is 38.7 Å². The summed E-state index contributed by atoms with van der Waals surface area (Å²) in [5, 5.41) is 3.29. The van der Waals surface area contributed by atoms with Gasteiger partial charge in [0, 0.05) is 29.6 Å². The van der Waals surface area contributed by atoms with Gasteiger partial charge in [0.05, 0.1) is 17.2 Å². The Morgan fingerprint density at radius 3 is 2.68 bits per heavy atom. The summed E-state index contributed by atoms with van der Waals surface area (Å²) in [6.07, 6.45) is 3.80. The van der Waals surface area contributed by atoms with Crippen LogP contribution in [0.25, 0.3) is 0 Å². The Kier molecular flexibility index (Phi) is 5.06. The number of esters is 1. The maximum Gasteiger partial charge on any atom is 0.337 e. The van der Waals surface area contributed by atoms with Crippen molar-refractivity contribution in [3.63, 3.8) is 0 Å². The minimum absolute atomic E-state index is 0.0743. The van der Waals surface area contributed by atoms with Gasteiger partial charge in [0.1, 0.15) is 6.61 Å². The number of pyridine rings is 1. The average molecular weight is 374 g/mol. The van der Waals surface area contributed by atoms with E-state index in [4.69, 9.17) is 4.74 Å². The molecule has 2 aliphatic rings. The maximum absolute atomic E-state index is 13.1. The SMILES string of the molecule is CC1=C(C(=O)OCc2ccccc2)C(c2ccccn2)C2=C(CCCC2=O)N1. The number of ketones is 1. The highest BCUT2D eigenvalue weighted by molar-refractivity contribution is 6.03. The van der Waals surface area contributed by atoms with Gasteiger partial charge in [0.15, 0.2) is 5.78 Å². The Morgan fingerprint density at radius 2 is 1.93 bits per heavy atom. The van der Waals surface area contributed by atoms with Crippen LogP contribution in [-0.4, -0.2) is 16.7 Å². The fraction of sp³-hybridized carbons (Fsp3) is 0.261. The number of hydrogen-bond acceptors (Lipinski definition) is 5. The minimum atomic E-state index is -0.492. The molecular formula is C23H22N2O3. The predicted molar refractivity (Wildman–Crippen MR) is 105 cm³/mol. The van der Waals surface area contributed by atoms with Crippen molar-refractivity contribution in [3.8, 4) is 0 Å². The second kappa shape index (κ2) is 7.80. The first-order valence-corrected chi connectivity index (χ1v) is 9.51. The van der Waals surface area contributed by atoms with Gasteiger partial charge in [-0.3, -0.25) is 9.78 Å². The molecule has 142 valence electrons. The van der Waals surface area contributed by atoms with E-state index in [-0.39, 0.29) is 12.4 Å². The molecule has 0 fully saturated rings. The van der Waals surface area contributed by atoms with E-state index in [0.29, 0.717) is 23.3 Å². The summed E-state index contributed by atoms with van der Waals surface area (Å²) in [5.41, 5.74) is 4.36. The van der Waals surface area contributed by atoms with Gasteiger partial charge in [-0.05, 0) is 37.5 Å². The highest BCUT2D eigenvalue weighted by Gasteiger charge is 2.39. The number of ether oxygens (including phenoxy) is 1. The van der Waals surface area contributed by atoms with Crippen LogP contribution in [0.15, 0.2) is 77.3 Å². The number of Topliss-reactive ketones (excluding diaryl/α,β-unsaturated/α-hetero) is 1. The number of carbonyl (C=O) groups excluding carboxylic acids is 2. The van der Waals surface area contributed by atoms with Gasteiger partial charge < -0.3 is 10.1 Å². The molecule has 1 aliphatic heterocycles. The smallest absolute Gasteiger partial charge is 0.337 e. The molecule has 5 heteroatoms. The van der Waals surface area contributed by atoms with Crippen LogP contribution in [0, 0.1) is 0 Å². The van der Waals surface area contributed by atoms with Crippen LogP contribution in [0.2, 0.25) is 0 Å². The molecular weight excluding hydrogens is 352 g/mol. The number of dihydropyridines is 1. The zero-order chi connectivity index (χ0) is 19.5. The highest BCUT2D eigenvalue weighted by atomic mass is 16.5. The van der Waals surface area contributed by atoms with Gasteiger partial charge in [0.25, 0.3) is 0 Å². The first-order valence-electron chi connectivity index (χ1n) is 9.51. The Balaban J connectivity index is 1.69. The molecule has 0 amide bonds. The third-order valence-electron chi connectivity index (χ3n) is 5.19. The van der Waals surface area contributed by atoms with E-state index in [1.807, 2.05) is 55.5 Å². The van der Waals surface area contributed by atoms with E-state index in [1.54, 1.807) is 6.20 Å². The first-order chi connectivity index (χ1) is 13.6. The third kappa shape index (κ3) is 3.48. The van der Waals surface area contributed by atoms with Crippen LogP contribution in [0.4, 0.5) is 0 Å². The van der Waals surface area contributed by atoms with E-state index in [2.05, 4.69) is 10.3 Å². The summed E-state index contributed by atoms with van der Waals surface area (Å²) in [5.74, 6) is -0.840. The molecule has 1 unspecified atom stereocenters. The molecule has 0 spiro atoms. The minimum Gasteiger partial charge on any atom is -0.457 e. The molecule has 4 rings (SSSR count). The van der Waals surface area contributed by atoms with Gasteiger partial charge in [-0.2, -0.15) is 0 Å². The van der Waals surface area contributed by atoms with E-state index in [9.17, 15) is 9.59 Å². The van der Waals surface area contributed by atoms with E-state index in [0.717, 1.165) is 29.8 Å². The molecule has 0 bridgehead atoms. The lowest BCUT2D eigenvalue weighted by Crippen LogP contribution is -2.34. The van der Waals surface area contributed by atoms with E-state index in [1.165, 1.54) is 0 Å². The molecule has 28 heavy (non-hydrogen) atoms. The Bertz CT molecular complexity index is 962. The summed E-state index contributed by atoms with van der Waals surface area (Å²) < 4.78 is 5.61. The first kappa shape index (κ1) is 18.2. The van der Waals surface area contributed by atoms with Crippen LogP contribution in [0.1, 0.15) is 43.4 Å². The number of aromatic nitrogens is 1. The van der Waals surface area contributed by atoms with Crippen LogP contribution < -0.4 is 5.32 Å². The summed E-state index contributed by atoms with van der Waals surface area (Å²) in [7, 11) is 0. The Morgan fingerprint density at radius 1 is 1.14 bits per heavy atom. The van der Waals surface area contributed by atoms with Gasteiger partial charge in [-0.15, -0.1) is 0 Å². The molecule has 1 aliphatic carbocycles. The number of rotatable bonds is 4. The van der Waals surface area contributed by atoms with Crippen molar-refractivity contribution >= 4 is 11.8 Å². The molecule has 0 radical (unpaired) electrons. The summed E-state index contributed by atoms with van der Waals surface area (Å²) in [6, 6.07) is 15.1. The quantitative estimate of drug-likeness (QED) is 0.825. The molecule has 0 saturated heterocycles. The van der Waals surface area contributed by atoms with Crippen molar-refractivity contribution in [1.82, 2.24) is 10.3 Å². The largest absolute Gasteiger partial charge is 0.457 e. The number of nitrogens with zero attached hydrogens (tertiary/aromatic N) is 1. The highest BCUT2D eigenvalue weighted by Crippen LogP contribution is 2.41. The van der Waals surface area contributed by atoms with Gasteiger partial charge in [-0.25, -0.2) is 4.79 Å². The molecule has 2 aromatic rings. The van der Waals surface area contributed by atoms with Crippen molar-refractivity contribution in [3.05, 3.63) is 88.5 Å². The standard InChI is InChI=1S/C23H22N2O3/c1-15-20(23(27)28-14-16-8-3-2-4-9-16)22(17-10-5-6-13-24-17)21-18(25-15)11-7-12-19(21)26/h2-6,8-10,13,22,25H,7,11-12,14H2,1H3. The lowest BCUT2D eigenvalue weighted by atomic mass is 9.77. The Labute approximate surface area is 164 Å². The van der Waals surface area contributed by atoms with Crippen LogP contribution in [0.5, 0.6) is 0 Å². The second-order valence-electron chi connectivity index (χ2n) is 7.08. The Hall–Kier alpha value is -3.21. The van der Waals surface area contributed by atoms with Crippen molar-refractivity contribution in [1.29, 1.82) is 0 Å². The second-order valence-corrected chi connectivity index (χ2v) is 7.08. The zero-order valence-corrected chi connectivity index (χ0v) is 15.8. The zero-order valence-electron chi connectivity index (χ0n) is 15.8. The van der Waals surface area contributed by atoms with Gasteiger partial charge in [0.2, 0.25) is 0 Å². The molecule has 0 saturated carbocycles. The maximum atomic E-state index is 13.1. The van der Waals surface area contributed by atoms with Crippen LogP contribution >= 0.6 is 0 Å². The van der Waals surface area contributed by atoms with Gasteiger partial charge >= 0.3 is 5.97 Å². The average Bonchev–Trinajstić information content (AvgIpc) is 2.72.